The number of carbonyl (C=O) groups excluding carboxylic acids is 1. The minimum atomic E-state index is -1.28. The van der Waals surface area contributed by atoms with Crippen molar-refractivity contribution >= 4 is 23.1 Å². The predicted octanol–water partition coefficient (Wildman–Crippen LogP) is 0.618. The molecule has 0 saturated heterocycles. The van der Waals surface area contributed by atoms with E-state index in [0.717, 1.165) is 16.6 Å². The predicted molar refractivity (Wildman–Crippen MR) is 69.3 cm³/mol. The Labute approximate surface area is 114 Å². The van der Waals surface area contributed by atoms with Crippen LogP contribution in [0.4, 0.5) is 4.79 Å². The summed E-state index contributed by atoms with van der Waals surface area (Å²) in [6.45, 7) is 1.87. The minimum absolute atomic E-state index is 0.183. The molecule has 0 fully saturated rings. The van der Waals surface area contributed by atoms with E-state index in [1.54, 1.807) is 6.07 Å². The van der Waals surface area contributed by atoms with Crippen LogP contribution in [0, 0.1) is 6.92 Å². The van der Waals surface area contributed by atoms with Crippen molar-refractivity contribution < 1.29 is 19.4 Å². The number of aryl methyl sites for hydroxylation is 1. The second-order valence-electron chi connectivity index (χ2n) is 4.33. The second kappa shape index (κ2) is 5.55. The molecule has 1 aromatic heterocycles. The van der Waals surface area contributed by atoms with Gasteiger partial charge in [-0.05, 0) is 24.1 Å². The van der Waals surface area contributed by atoms with Gasteiger partial charge in [0.15, 0.2) is 0 Å². The Morgan fingerprint density at radius 3 is 2.85 bits per heavy atom. The molecule has 1 atom stereocenters. The fraction of sp³-hybridized carbons (Fsp3) is 0.333. The van der Waals surface area contributed by atoms with Gasteiger partial charge in [0, 0.05) is 6.42 Å². The first-order valence-electron chi connectivity index (χ1n) is 5.88. The number of fused-ring (bicyclic) bond motifs is 1. The summed E-state index contributed by atoms with van der Waals surface area (Å²) in [6.07, 6.45) is -1.09. The molecule has 1 heterocycles. The van der Waals surface area contributed by atoms with Crippen LogP contribution >= 0.6 is 0 Å². The van der Waals surface area contributed by atoms with E-state index >= 15 is 0 Å². The topological polar surface area (TPSA) is 117 Å². The average Bonchev–Trinajstić information content (AvgIpc) is 2.85. The van der Waals surface area contributed by atoms with Crippen molar-refractivity contribution in [3.05, 3.63) is 23.3 Å². The molecule has 1 unspecified atom stereocenters. The number of carboxylic acid groups (broad SMARTS) is 1. The molecule has 0 spiro atoms. The van der Waals surface area contributed by atoms with Crippen LogP contribution in [0.15, 0.2) is 12.1 Å². The number of methoxy groups -OCH3 is 1. The number of nitrogens with zero attached hydrogens (tertiary/aromatic N) is 2. The van der Waals surface area contributed by atoms with Gasteiger partial charge in [-0.1, -0.05) is 6.07 Å². The zero-order valence-corrected chi connectivity index (χ0v) is 11.0. The second-order valence-corrected chi connectivity index (χ2v) is 4.33. The van der Waals surface area contributed by atoms with Crippen LogP contribution in [0.3, 0.4) is 0 Å². The fourth-order valence-electron chi connectivity index (χ4n) is 2.03. The highest BCUT2D eigenvalue weighted by molar-refractivity contribution is 5.82. The van der Waals surface area contributed by atoms with E-state index in [4.69, 9.17) is 5.11 Å². The van der Waals surface area contributed by atoms with Crippen molar-refractivity contribution in [1.82, 2.24) is 20.7 Å². The number of amides is 1. The fourth-order valence-corrected chi connectivity index (χ4v) is 2.03. The number of nitrogens with one attached hydrogen (secondary N) is 2. The van der Waals surface area contributed by atoms with Gasteiger partial charge in [0.2, 0.25) is 0 Å². The summed E-state index contributed by atoms with van der Waals surface area (Å²) in [5.41, 5.74) is 3.08. The Bertz CT molecular complexity index is 652. The standard InChI is InChI=1S/C12H14N4O4/c1-6-3-7(4-8-10(6)15-16-14-8)5-9(11(17)20-2)13-12(18)19/h3-4,9,13H,5H2,1-2H3,(H,18,19)(H,14,15,16). The Balaban J connectivity index is 2.27. The molecule has 8 nitrogen and oxygen atoms in total. The van der Waals surface area contributed by atoms with Crippen molar-refractivity contribution in [2.24, 2.45) is 0 Å². The van der Waals surface area contributed by atoms with E-state index in [1.807, 2.05) is 13.0 Å². The summed E-state index contributed by atoms with van der Waals surface area (Å²) in [5, 5.41) is 21.4. The molecule has 0 aliphatic rings. The van der Waals surface area contributed by atoms with Gasteiger partial charge in [0.1, 0.15) is 17.1 Å². The lowest BCUT2D eigenvalue weighted by Crippen LogP contribution is -2.42. The Morgan fingerprint density at radius 1 is 1.45 bits per heavy atom. The quantitative estimate of drug-likeness (QED) is 0.706. The van der Waals surface area contributed by atoms with E-state index in [9.17, 15) is 9.59 Å². The highest BCUT2D eigenvalue weighted by Crippen LogP contribution is 2.17. The normalized spacial score (nSPS) is 12.1. The van der Waals surface area contributed by atoms with Crippen LogP contribution in [0.2, 0.25) is 0 Å². The first kappa shape index (κ1) is 13.8. The van der Waals surface area contributed by atoms with Gasteiger partial charge in [-0.15, -0.1) is 0 Å². The van der Waals surface area contributed by atoms with Gasteiger partial charge >= 0.3 is 12.1 Å². The van der Waals surface area contributed by atoms with Crippen molar-refractivity contribution in [3.63, 3.8) is 0 Å². The maximum atomic E-state index is 11.6. The molecule has 0 aliphatic carbocycles. The van der Waals surface area contributed by atoms with E-state index in [2.05, 4.69) is 25.5 Å². The van der Waals surface area contributed by atoms with Gasteiger partial charge in [0.05, 0.1) is 7.11 Å². The molecule has 8 heteroatoms. The van der Waals surface area contributed by atoms with E-state index < -0.39 is 18.1 Å². The number of ether oxygens (including phenoxy) is 1. The highest BCUT2D eigenvalue weighted by Gasteiger charge is 2.22. The lowest BCUT2D eigenvalue weighted by Gasteiger charge is -2.14. The molecule has 20 heavy (non-hydrogen) atoms. The summed E-state index contributed by atoms with van der Waals surface area (Å²) in [4.78, 5) is 22.3. The van der Waals surface area contributed by atoms with Gasteiger partial charge in [-0.3, -0.25) is 0 Å². The summed E-state index contributed by atoms with van der Waals surface area (Å²) in [7, 11) is 1.21. The molecule has 106 valence electrons. The lowest BCUT2D eigenvalue weighted by atomic mass is 10.0. The van der Waals surface area contributed by atoms with Gasteiger partial charge in [0.25, 0.3) is 0 Å². The molecule has 1 aromatic carbocycles. The van der Waals surface area contributed by atoms with Crippen molar-refractivity contribution in [2.45, 2.75) is 19.4 Å². The maximum absolute atomic E-state index is 11.6. The third-order valence-electron chi connectivity index (χ3n) is 2.90. The molecule has 2 rings (SSSR count). The molecule has 2 aromatic rings. The smallest absolute Gasteiger partial charge is 0.405 e. The zero-order valence-electron chi connectivity index (χ0n) is 11.0. The van der Waals surface area contributed by atoms with Crippen LogP contribution in [0.5, 0.6) is 0 Å². The van der Waals surface area contributed by atoms with E-state index in [1.165, 1.54) is 7.11 Å². The van der Waals surface area contributed by atoms with Crippen molar-refractivity contribution in [1.29, 1.82) is 0 Å². The third kappa shape index (κ3) is 2.85. The maximum Gasteiger partial charge on any atom is 0.405 e. The number of aromatic nitrogens is 3. The summed E-state index contributed by atoms with van der Waals surface area (Å²) < 4.78 is 4.59. The van der Waals surface area contributed by atoms with Gasteiger partial charge in [-0.25, -0.2) is 9.59 Å². The van der Waals surface area contributed by atoms with Crippen LogP contribution in [0.1, 0.15) is 11.1 Å². The number of hydrogen-bond donors (Lipinski definition) is 3. The average molecular weight is 278 g/mol. The Kier molecular flexibility index (Phi) is 3.83. The molecule has 1 amide bonds. The van der Waals surface area contributed by atoms with Gasteiger partial charge < -0.3 is 15.2 Å². The van der Waals surface area contributed by atoms with E-state index in [0.29, 0.717) is 5.52 Å². The summed E-state index contributed by atoms with van der Waals surface area (Å²) in [6, 6.07) is 2.64. The van der Waals surface area contributed by atoms with Crippen LogP contribution in [-0.2, 0) is 16.0 Å². The summed E-state index contributed by atoms with van der Waals surface area (Å²) >= 11 is 0. The largest absolute Gasteiger partial charge is 0.467 e. The van der Waals surface area contributed by atoms with E-state index in [-0.39, 0.29) is 6.42 Å². The summed E-state index contributed by atoms with van der Waals surface area (Å²) in [5.74, 6) is -0.634. The third-order valence-corrected chi connectivity index (χ3v) is 2.90. The van der Waals surface area contributed by atoms with Gasteiger partial charge in [-0.2, -0.15) is 15.4 Å². The molecule has 0 bridgehead atoms. The zero-order chi connectivity index (χ0) is 14.7. The lowest BCUT2D eigenvalue weighted by molar-refractivity contribution is -0.142. The molecule has 0 aliphatic heterocycles. The monoisotopic (exact) mass is 278 g/mol. The molecular weight excluding hydrogens is 264 g/mol. The number of hydrogen-bond acceptors (Lipinski definition) is 5. The molecule has 0 radical (unpaired) electrons. The number of benzene rings is 1. The number of carbonyl (C=O) groups is 2. The number of H-pyrrole nitrogens is 1. The van der Waals surface area contributed by atoms with Crippen LogP contribution < -0.4 is 5.32 Å². The van der Waals surface area contributed by atoms with Crippen molar-refractivity contribution in [3.8, 4) is 0 Å². The number of aromatic amines is 1. The SMILES string of the molecule is COC(=O)C(Cc1cc(C)c2n[nH]nc2c1)NC(=O)O. The minimum Gasteiger partial charge on any atom is -0.467 e. The van der Waals surface area contributed by atoms with Crippen LogP contribution in [0.25, 0.3) is 11.0 Å². The molecule has 3 N–H and O–H groups in total. The first-order valence-corrected chi connectivity index (χ1v) is 5.88. The number of esters is 1. The van der Waals surface area contributed by atoms with Crippen LogP contribution in [-0.4, -0.2) is 45.7 Å². The highest BCUT2D eigenvalue weighted by atomic mass is 16.5. The Morgan fingerprint density at radius 2 is 2.20 bits per heavy atom. The molecule has 0 saturated carbocycles. The Hall–Kier alpha value is -2.64. The van der Waals surface area contributed by atoms with Crippen molar-refractivity contribution in [2.75, 3.05) is 7.11 Å². The first-order chi connectivity index (χ1) is 9.51. The molecular formula is C12H14N4O4. The number of rotatable bonds is 4.